The Balaban J connectivity index is 1.79. The van der Waals surface area contributed by atoms with Gasteiger partial charge >= 0.3 is 0 Å². The first-order valence-electron chi connectivity index (χ1n) is 8.16. The molecule has 6 heteroatoms. The van der Waals surface area contributed by atoms with Gasteiger partial charge in [0, 0.05) is 45.4 Å². The molecule has 0 aromatic heterocycles. The van der Waals surface area contributed by atoms with Gasteiger partial charge in [0.05, 0.1) is 13.2 Å². The summed E-state index contributed by atoms with van der Waals surface area (Å²) in [5.41, 5.74) is 0. The van der Waals surface area contributed by atoms with Gasteiger partial charge in [-0.1, -0.05) is 6.58 Å². The van der Waals surface area contributed by atoms with Gasteiger partial charge in [-0.3, -0.25) is 14.5 Å². The van der Waals surface area contributed by atoms with Crippen LogP contribution in [-0.4, -0.2) is 85.0 Å². The fourth-order valence-corrected chi connectivity index (χ4v) is 3.09. The summed E-state index contributed by atoms with van der Waals surface area (Å²) in [5, 5.41) is 0. The maximum atomic E-state index is 12.3. The molecule has 2 saturated heterocycles. The number of hydrogen-bond donors (Lipinski definition) is 0. The van der Waals surface area contributed by atoms with Crippen LogP contribution < -0.4 is 0 Å². The summed E-state index contributed by atoms with van der Waals surface area (Å²) in [6.07, 6.45) is 3.57. The second-order valence-corrected chi connectivity index (χ2v) is 5.84. The van der Waals surface area contributed by atoms with E-state index in [0.717, 1.165) is 45.8 Å². The first-order valence-corrected chi connectivity index (χ1v) is 8.16. The molecule has 6 nitrogen and oxygen atoms in total. The van der Waals surface area contributed by atoms with Crippen molar-refractivity contribution in [3.63, 3.8) is 0 Å². The molecule has 0 bridgehead atoms. The van der Waals surface area contributed by atoms with Crippen molar-refractivity contribution >= 4 is 11.8 Å². The van der Waals surface area contributed by atoms with Crippen molar-refractivity contribution in [1.82, 2.24) is 14.7 Å². The van der Waals surface area contributed by atoms with E-state index in [4.69, 9.17) is 4.74 Å². The average molecular weight is 309 g/mol. The molecule has 2 rings (SSSR count). The molecular weight excluding hydrogens is 282 g/mol. The van der Waals surface area contributed by atoms with E-state index in [1.807, 2.05) is 11.8 Å². The molecule has 2 fully saturated rings. The lowest BCUT2D eigenvalue weighted by atomic mass is 10.1. The fourth-order valence-electron chi connectivity index (χ4n) is 3.09. The third-order valence-corrected chi connectivity index (χ3v) is 4.51. The Morgan fingerprint density at radius 1 is 1.32 bits per heavy atom. The molecule has 0 aromatic carbocycles. The van der Waals surface area contributed by atoms with Crippen LogP contribution in [0.15, 0.2) is 12.7 Å². The first-order chi connectivity index (χ1) is 10.7. The van der Waals surface area contributed by atoms with E-state index in [2.05, 4.69) is 11.5 Å². The van der Waals surface area contributed by atoms with Crippen LogP contribution in [0.2, 0.25) is 0 Å². The molecule has 1 atom stereocenters. The number of carbonyl (C=O) groups excluding carboxylic acids is 2. The van der Waals surface area contributed by atoms with Crippen LogP contribution in [0.3, 0.4) is 0 Å². The van der Waals surface area contributed by atoms with Crippen LogP contribution in [0.4, 0.5) is 0 Å². The molecule has 0 N–H and O–H groups in total. The highest BCUT2D eigenvalue weighted by Gasteiger charge is 2.28. The number of amides is 2. The maximum Gasteiger partial charge on any atom is 0.246 e. The minimum atomic E-state index is -0.186. The van der Waals surface area contributed by atoms with Crippen molar-refractivity contribution in [1.29, 1.82) is 0 Å². The Kier molecular flexibility index (Phi) is 6.39. The molecule has 2 amide bonds. The molecule has 0 spiro atoms. The molecule has 0 aliphatic carbocycles. The van der Waals surface area contributed by atoms with Gasteiger partial charge in [0.15, 0.2) is 0 Å². The van der Waals surface area contributed by atoms with E-state index in [1.165, 1.54) is 17.4 Å². The molecule has 2 aliphatic rings. The summed E-state index contributed by atoms with van der Waals surface area (Å²) in [4.78, 5) is 29.8. The Labute approximate surface area is 132 Å². The minimum Gasteiger partial charge on any atom is -0.380 e. The van der Waals surface area contributed by atoms with E-state index in [9.17, 15) is 9.59 Å². The van der Waals surface area contributed by atoms with Crippen molar-refractivity contribution in [3.8, 4) is 0 Å². The van der Waals surface area contributed by atoms with Gasteiger partial charge in [0.2, 0.25) is 11.8 Å². The molecule has 0 saturated carbocycles. The van der Waals surface area contributed by atoms with Gasteiger partial charge < -0.3 is 14.5 Å². The van der Waals surface area contributed by atoms with Gasteiger partial charge in [-0.2, -0.15) is 0 Å². The Morgan fingerprint density at radius 2 is 2.05 bits per heavy atom. The minimum absolute atomic E-state index is 0.0246. The first kappa shape index (κ1) is 17.0. The number of nitrogens with zero attached hydrogens (tertiary/aromatic N) is 3. The van der Waals surface area contributed by atoms with Gasteiger partial charge in [-0.05, 0) is 25.8 Å². The lowest BCUT2D eigenvalue weighted by Crippen LogP contribution is -2.55. The molecule has 0 radical (unpaired) electrons. The molecule has 22 heavy (non-hydrogen) atoms. The van der Waals surface area contributed by atoms with Crippen LogP contribution in [0.1, 0.15) is 19.8 Å². The third-order valence-electron chi connectivity index (χ3n) is 4.51. The highest BCUT2D eigenvalue weighted by Crippen LogP contribution is 2.15. The van der Waals surface area contributed by atoms with E-state index in [-0.39, 0.29) is 18.4 Å². The zero-order valence-corrected chi connectivity index (χ0v) is 13.5. The average Bonchev–Trinajstić information content (AvgIpc) is 2.59. The van der Waals surface area contributed by atoms with Crippen LogP contribution in [0, 0.1) is 0 Å². The van der Waals surface area contributed by atoms with E-state index in [1.54, 1.807) is 0 Å². The topological polar surface area (TPSA) is 53.1 Å². The summed E-state index contributed by atoms with van der Waals surface area (Å²) >= 11 is 0. The van der Waals surface area contributed by atoms with E-state index < -0.39 is 0 Å². The van der Waals surface area contributed by atoms with Crippen LogP contribution in [-0.2, 0) is 14.3 Å². The van der Waals surface area contributed by atoms with Crippen molar-refractivity contribution in [2.24, 2.45) is 0 Å². The number of ether oxygens (including phenoxy) is 1. The number of rotatable bonds is 5. The number of likely N-dealkylation sites (N-methyl/N-ethyl adjacent to an activating group) is 1. The smallest absolute Gasteiger partial charge is 0.246 e. The van der Waals surface area contributed by atoms with Gasteiger partial charge in [0.1, 0.15) is 0 Å². The Morgan fingerprint density at radius 3 is 2.59 bits per heavy atom. The predicted molar refractivity (Wildman–Crippen MR) is 84.4 cm³/mol. The molecule has 2 aliphatic heterocycles. The summed E-state index contributed by atoms with van der Waals surface area (Å²) in [6, 6.07) is 0.500. The monoisotopic (exact) mass is 309 g/mol. The molecular formula is C16H27N3O3. The summed E-state index contributed by atoms with van der Waals surface area (Å²) < 4.78 is 5.54. The predicted octanol–water partition coefficient (Wildman–Crippen LogP) is 0.344. The van der Waals surface area contributed by atoms with Crippen molar-refractivity contribution in [2.75, 3.05) is 52.5 Å². The lowest BCUT2D eigenvalue weighted by Gasteiger charge is -2.40. The van der Waals surface area contributed by atoms with Gasteiger partial charge in [-0.15, -0.1) is 0 Å². The summed E-state index contributed by atoms with van der Waals surface area (Å²) in [6.45, 7) is 10.9. The molecule has 124 valence electrons. The largest absolute Gasteiger partial charge is 0.380 e. The van der Waals surface area contributed by atoms with Crippen molar-refractivity contribution in [2.45, 2.75) is 25.8 Å². The van der Waals surface area contributed by atoms with Crippen LogP contribution in [0.5, 0.6) is 0 Å². The summed E-state index contributed by atoms with van der Waals surface area (Å²) in [7, 11) is 0. The second kappa shape index (κ2) is 8.29. The summed E-state index contributed by atoms with van der Waals surface area (Å²) in [5.74, 6) is -0.162. The van der Waals surface area contributed by atoms with Crippen LogP contribution >= 0.6 is 0 Å². The normalized spacial score (nSPS) is 23.1. The van der Waals surface area contributed by atoms with E-state index >= 15 is 0 Å². The maximum absolute atomic E-state index is 12.3. The van der Waals surface area contributed by atoms with E-state index in [0.29, 0.717) is 12.6 Å². The van der Waals surface area contributed by atoms with Crippen molar-refractivity contribution in [3.05, 3.63) is 12.7 Å². The Bertz CT molecular complexity index is 399. The van der Waals surface area contributed by atoms with Crippen LogP contribution in [0.25, 0.3) is 0 Å². The number of carbonyl (C=O) groups is 2. The lowest BCUT2D eigenvalue weighted by molar-refractivity contribution is -0.139. The van der Waals surface area contributed by atoms with Crippen molar-refractivity contribution < 1.29 is 14.3 Å². The second-order valence-electron chi connectivity index (χ2n) is 5.84. The molecule has 2 heterocycles. The third kappa shape index (κ3) is 4.30. The quantitative estimate of drug-likeness (QED) is 0.688. The molecule has 0 aromatic rings. The highest BCUT2D eigenvalue weighted by molar-refractivity contribution is 5.90. The van der Waals surface area contributed by atoms with Gasteiger partial charge in [-0.25, -0.2) is 0 Å². The Hall–Kier alpha value is -1.40. The zero-order valence-electron chi connectivity index (χ0n) is 13.5. The molecule has 1 unspecified atom stereocenters. The van der Waals surface area contributed by atoms with Gasteiger partial charge in [0.25, 0.3) is 0 Å². The zero-order chi connectivity index (χ0) is 15.9. The SMILES string of the molecule is C=CC(=O)N(CC)CC(=O)N1CCN(C2CCCOC2)CC1. The number of hydrogen-bond acceptors (Lipinski definition) is 4. The standard InChI is InChI=1S/C16H27N3O3/c1-3-15(20)17(4-2)12-16(21)19-9-7-18(8-10-19)14-6-5-11-22-13-14/h3,14H,1,4-13H2,2H3. The number of piperazine rings is 1. The highest BCUT2D eigenvalue weighted by atomic mass is 16.5. The fraction of sp³-hybridized carbons (Fsp3) is 0.750.